The Morgan fingerprint density at radius 1 is 1.50 bits per heavy atom. The summed E-state index contributed by atoms with van der Waals surface area (Å²) in [4.78, 5) is 11.6. The molecule has 1 rings (SSSR count). The third-order valence-corrected chi connectivity index (χ3v) is 2.63. The predicted octanol–water partition coefficient (Wildman–Crippen LogP) is 0.411. The third-order valence-electron chi connectivity index (χ3n) is 2.63. The Morgan fingerprint density at radius 3 is 2.71 bits per heavy atom. The van der Waals surface area contributed by atoms with Crippen LogP contribution in [0.2, 0.25) is 0 Å². The van der Waals surface area contributed by atoms with E-state index in [9.17, 15) is 4.79 Å². The van der Waals surface area contributed by atoms with Gasteiger partial charge in [-0.05, 0) is 32.4 Å². The summed E-state index contributed by atoms with van der Waals surface area (Å²) in [5, 5.41) is 3.17. The average Bonchev–Trinajstić information content (AvgIpc) is 2.19. The number of piperidine rings is 1. The fraction of sp³-hybridized carbons (Fsp3) is 0.900. The van der Waals surface area contributed by atoms with Crippen molar-refractivity contribution in [2.45, 2.75) is 38.1 Å². The van der Waals surface area contributed by atoms with Crippen molar-refractivity contribution in [3.63, 3.8) is 0 Å². The highest BCUT2D eigenvalue weighted by atomic mass is 16.5. The van der Waals surface area contributed by atoms with E-state index in [2.05, 4.69) is 12.2 Å². The Balaban J connectivity index is 2.33. The van der Waals surface area contributed by atoms with E-state index in [1.54, 1.807) is 0 Å². The van der Waals surface area contributed by atoms with Gasteiger partial charge in [0.05, 0.1) is 6.61 Å². The van der Waals surface area contributed by atoms with Crippen LogP contribution < -0.4 is 11.1 Å². The Kier molecular flexibility index (Phi) is 4.35. The topological polar surface area (TPSA) is 64.3 Å². The van der Waals surface area contributed by atoms with Crippen molar-refractivity contribution in [1.82, 2.24) is 5.32 Å². The van der Waals surface area contributed by atoms with E-state index in [4.69, 9.17) is 10.5 Å². The first-order valence-corrected chi connectivity index (χ1v) is 5.36. The summed E-state index contributed by atoms with van der Waals surface area (Å²) in [5.74, 6) is -0.229. The molecule has 1 aliphatic heterocycles. The molecule has 4 heteroatoms. The van der Waals surface area contributed by atoms with Crippen molar-refractivity contribution in [2.24, 2.45) is 5.73 Å². The fourth-order valence-corrected chi connectivity index (χ4v) is 1.53. The van der Waals surface area contributed by atoms with Gasteiger partial charge in [-0.1, -0.05) is 13.3 Å². The van der Waals surface area contributed by atoms with E-state index in [-0.39, 0.29) is 5.97 Å². The smallest absolute Gasteiger partial charge is 0.326 e. The van der Waals surface area contributed by atoms with Gasteiger partial charge in [-0.15, -0.1) is 0 Å². The van der Waals surface area contributed by atoms with Crippen molar-refractivity contribution in [2.75, 3.05) is 19.7 Å². The van der Waals surface area contributed by atoms with Crippen LogP contribution in [0.5, 0.6) is 0 Å². The van der Waals surface area contributed by atoms with Gasteiger partial charge >= 0.3 is 5.97 Å². The lowest BCUT2D eigenvalue weighted by atomic mass is 9.90. The van der Waals surface area contributed by atoms with Gasteiger partial charge in [0.15, 0.2) is 0 Å². The van der Waals surface area contributed by atoms with Crippen LogP contribution in [0.1, 0.15) is 32.6 Å². The van der Waals surface area contributed by atoms with Crippen LogP contribution in [0.3, 0.4) is 0 Å². The first-order valence-electron chi connectivity index (χ1n) is 5.36. The first-order chi connectivity index (χ1) is 6.69. The van der Waals surface area contributed by atoms with E-state index >= 15 is 0 Å². The van der Waals surface area contributed by atoms with Gasteiger partial charge < -0.3 is 15.8 Å². The number of rotatable bonds is 4. The maximum Gasteiger partial charge on any atom is 0.326 e. The van der Waals surface area contributed by atoms with Crippen LogP contribution in [0.15, 0.2) is 0 Å². The molecule has 4 nitrogen and oxygen atoms in total. The molecular formula is C10H20N2O2. The van der Waals surface area contributed by atoms with Gasteiger partial charge in [0.2, 0.25) is 0 Å². The normalized spacial score (nSPS) is 20.4. The minimum atomic E-state index is -0.737. The Hall–Kier alpha value is -0.610. The molecule has 0 saturated carbocycles. The summed E-state index contributed by atoms with van der Waals surface area (Å²) in [6.07, 6.45) is 3.31. The molecule has 3 N–H and O–H groups in total. The molecule has 1 saturated heterocycles. The molecule has 0 bridgehead atoms. The molecule has 1 aliphatic rings. The molecule has 0 atom stereocenters. The maximum atomic E-state index is 11.6. The van der Waals surface area contributed by atoms with Crippen molar-refractivity contribution in [3.05, 3.63) is 0 Å². The number of hydrogen-bond donors (Lipinski definition) is 2. The average molecular weight is 200 g/mol. The van der Waals surface area contributed by atoms with E-state index in [1.807, 2.05) is 0 Å². The van der Waals surface area contributed by atoms with Crippen LogP contribution in [0.4, 0.5) is 0 Å². The fourth-order valence-electron chi connectivity index (χ4n) is 1.53. The van der Waals surface area contributed by atoms with Gasteiger partial charge in [-0.25, -0.2) is 0 Å². The zero-order valence-corrected chi connectivity index (χ0v) is 8.84. The van der Waals surface area contributed by atoms with Gasteiger partial charge in [0, 0.05) is 0 Å². The number of nitrogens with one attached hydrogen (secondary N) is 1. The van der Waals surface area contributed by atoms with Crippen LogP contribution >= 0.6 is 0 Å². The maximum absolute atomic E-state index is 11.6. The highest BCUT2D eigenvalue weighted by Gasteiger charge is 2.36. The Bertz CT molecular complexity index is 189. The van der Waals surface area contributed by atoms with Crippen LogP contribution in [-0.4, -0.2) is 31.2 Å². The highest BCUT2D eigenvalue weighted by Crippen LogP contribution is 2.16. The van der Waals surface area contributed by atoms with Crippen molar-refractivity contribution in [3.8, 4) is 0 Å². The van der Waals surface area contributed by atoms with E-state index < -0.39 is 5.54 Å². The highest BCUT2D eigenvalue weighted by molar-refractivity contribution is 5.80. The Labute approximate surface area is 85.2 Å². The van der Waals surface area contributed by atoms with Gasteiger partial charge in [-0.3, -0.25) is 4.79 Å². The minimum absolute atomic E-state index is 0.229. The van der Waals surface area contributed by atoms with Crippen LogP contribution in [0.25, 0.3) is 0 Å². The first kappa shape index (κ1) is 11.5. The quantitative estimate of drug-likeness (QED) is 0.509. The summed E-state index contributed by atoms with van der Waals surface area (Å²) in [5.41, 5.74) is 5.23. The molecule has 82 valence electrons. The molecule has 1 heterocycles. The summed E-state index contributed by atoms with van der Waals surface area (Å²) in [6, 6.07) is 0. The Morgan fingerprint density at radius 2 is 2.14 bits per heavy atom. The molecule has 0 radical (unpaired) electrons. The predicted molar refractivity (Wildman–Crippen MR) is 54.9 cm³/mol. The summed E-state index contributed by atoms with van der Waals surface area (Å²) in [7, 11) is 0. The number of esters is 1. The van der Waals surface area contributed by atoms with Crippen molar-refractivity contribution >= 4 is 5.97 Å². The molecule has 14 heavy (non-hydrogen) atoms. The summed E-state index contributed by atoms with van der Waals surface area (Å²) < 4.78 is 5.13. The number of hydrogen-bond acceptors (Lipinski definition) is 4. The number of unbranched alkanes of at least 4 members (excludes halogenated alkanes) is 1. The molecule has 0 amide bonds. The van der Waals surface area contributed by atoms with Gasteiger partial charge in [-0.2, -0.15) is 0 Å². The zero-order chi connectivity index (χ0) is 10.4. The molecule has 0 aliphatic carbocycles. The molecule has 0 spiro atoms. The molecule has 1 fully saturated rings. The number of carbonyl (C=O) groups excluding carboxylic acids is 1. The SMILES string of the molecule is CCCCOC(=O)C1(N)CCNCC1. The van der Waals surface area contributed by atoms with Crippen LogP contribution in [-0.2, 0) is 9.53 Å². The van der Waals surface area contributed by atoms with Gasteiger partial charge in [0.1, 0.15) is 5.54 Å². The molecule has 0 aromatic heterocycles. The van der Waals surface area contributed by atoms with E-state index in [0.29, 0.717) is 19.4 Å². The summed E-state index contributed by atoms with van der Waals surface area (Å²) in [6.45, 7) is 4.18. The third kappa shape index (κ3) is 2.96. The number of ether oxygens (including phenoxy) is 1. The lowest BCUT2D eigenvalue weighted by Gasteiger charge is -2.31. The second kappa shape index (κ2) is 5.32. The lowest BCUT2D eigenvalue weighted by molar-refractivity contribution is -0.151. The number of nitrogens with two attached hydrogens (primary N) is 1. The minimum Gasteiger partial charge on any atom is -0.464 e. The second-order valence-corrected chi connectivity index (χ2v) is 3.90. The van der Waals surface area contributed by atoms with E-state index in [1.165, 1.54) is 0 Å². The van der Waals surface area contributed by atoms with E-state index in [0.717, 1.165) is 25.9 Å². The largest absolute Gasteiger partial charge is 0.464 e. The van der Waals surface area contributed by atoms with Crippen LogP contribution in [0, 0.1) is 0 Å². The van der Waals surface area contributed by atoms with Crippen molar-refractivity contribution < 1.29 is 9.53 Å². The lowest BCUT2D eigenvalue weighted by Crippen LogP contribution is -2.55. The molecular weight excluding hydrogens is 180 g/mol. The molecule has 0 aromatic carbocycles. The number of carbonyl (C=O) groups is 1. The zero-order valence-electron chi connectivity index (χ0n) is 8.84. The standard InChI is InChI=1S/C10H20N2O2/c1-2-3-8-14-9(13)10(11)4-6-12-7-5-10/h12H,2-8,11H2,1H3. The second-order valence-electron chi connectivity index (χ2n) is 3.90. The molecule has 0 aromatic rings. The summed E-state index contributed by atoms with van der Waals surface area (Å²) >= 11 is 0. The van der Waals surface area contributed by atoms with Gasteiger partial charge in [0.25, 0.3) is 0 Å². The monoisotopic (exact) mass is 200 g/mol. The molecule has 0 unspecified atom stereocenters. The van der Waals surface area contributed by atoms with Crippen molar-refractivity contribution in [1.29, 1.82) is 0 Å².